The molecule has 0 aliphatic rings. The van der Waals surface area contributed by atoms with Crippen LogP contribution in [-0.4, -0.2) is 41.6 Å². The molecule has 6 nitrogen and oxygen atoms in total. The summed E-state index contributed by atoms with van der Waals surface area (Å²) in [7, 11) is 0. The lowest BCUT2D eigenvalue weighted by atomic mass is 10.2. The number of fused-ring (bicyclic) bond motifs is 1. The van der Waals surface area contributed by atoms with E-state index in [1.54, 1.807) is 17.0 Å². The largest absolute Gasteiger partial charge is 0.490 e. The second kappa shape index (κ2) is 9.60. The van der Waals surface area contributed by atoms with Crippen molar-refractivity contribution in [2.75, 3.05) is 19.7 Å². The molecule has 0 fully saturated rings. The molecule has 146 valence electrons. The van der Waals surface area contributed by atoms with E-state index in [1.165, 1.54) is 0 Å². The Hall–Kier alpha value is -2.28. The van der Waals surface area contributed by atoms with Gasteiger partial charge in [0.25, 0.3) is 0 Å². The number of ether oxygens (including phenoxy) is 1. The summed E-state index contributed by atoms with van der Waals surface area (Å²) in [6.45, 7) is 7.31. The molecule has 0 aliphatic carbocycles. The summed E-state index contributed by atoms with van der Waals surface area (Å²) in [6, 6.07) is 5.50. The lowest BCUT2D eigenvalue weighted by Gasteiger charge is -2.16. The summed E-state index contributed by atoms with van der Waals surface area (Å²) in [5, 5.41) is 9.55. The Bertz CT molecular complexity index is 851. The van der Waals surface area contributed by atoms with Crippen LogP contribution in [0.2, 0.25) is 0 Å². The molecule has 2 rings (SSSR count). The maximum Gasteiger partial charge on any atom is 0.303 e. The molecule has 1 N–H and O–H groups in total. The first-order valence-electron chi connectivity index (χ1n) is 8.91. The minimum absolute atomic E-state index is 0.0536. The zero-order chi connectivity index (χ0) is 20.0. The topological polar surface area (TPSA) is 80.0 Å². The standard InChI is InChI=1S/C20H24BrNO5/c1-4-22(5-2)18(23)11-13(3)17-12-14-15(21)8-9-16(20(14)27-17)26-10-6-7-19(24)25/h8-9,11-12H,4-7,10H2,1-3H3,(H,24,25)/b13-11+. The van der Waals surface area contributed by atoms with Crippen LogP contribution in [0.5, 0.6) is 5.75 Å². The molecule has 2 aromatic rings. The summed E-state index contributed by atoms with van der Waals surface area (Å²) < 4.78 is 12.5. The Labute approximate surface area is 166 Å². The summed E-state index contributed by atoms with van der Waals surface area (Å²) in [6.07, 6.45) is 2.04. The highest BCUT2D eigenvalue weighted by atomic mass is 79.9. The molecule has 1 aromatic heterocycles. The van der Waals surface area contributed by atoms with E-state index in [4.69, 9.17) is 14.3 Å². The molecule has 0 bridgehead atoms. The van der Waals surface area contributed by atoms with Crippen molar-refractivity contribution in [1.82, 2.24) is 4.90 Å². The number of amides is 1. The Morgan fingerprint density at radius 2 is 2.00 bits per heavy atom. The molecule has 0 saturated carbocycles. The average molecular weight is 438 g/mol. The first-order chi connectivity index (χ1) is 12.9. The van der Waals surface area contributed by atoms with Gasteiger partial charge in [-0.05, 0) is 51.0 Å². The van der Waals surface area contributed by atoms with Crippen LogP contribution in [0.4, 0.5) is 0 Å². The van der Waals surface area contributed by atoms with Crippen LogP contribution in [0.25, 0.3) is 16.5 Å². The van der Waals surface area contributed by atoms with Crippen LogP contribution < -0.4 is 4.74 Å². The molecule has 1 amide bonds. The van der Waals surface area contributed by atoms with Gasteiger partial charge in [0, 0.05) is 35.4 Å². The number of halogens is 1. The van der Waals surface area contributed by atoms with E-state index in [-0.39, 0.29) is 18.9 Å². The average Bonchev–Trinajstić information content (AvgIpc) is 3.08. The number of rotatable bonds is 9. The quantitative estimate of drug-likeness (QED) is 0.453. The van der Waals surface area contributed by atoms with Crippen LogP contribution in [-0.2, 0) is 9.59 Å². The SMILES string of the molecule is CCN(CC)C(=O)/C=C(\C)c1cc2c(Br)ccc(OCCCC(=O)O)c2o1. The number of allylic oxidation sites excluding steroid dienone is 1. The van der Waals surface area contributed by atoms with E-state index in [1.807, 2.05) is 32.9 Å². The predicted molar refractivity (Wildman–Crippen MR) is 108 cm³/mol. The summed E-state index contributed by atoms with van der Waals surface area (Å²) in [5.74, 6) is 0.237. The van der Waals surface area contributed by atoms with Crippen LogP contribution in [0.3, 0.4) is 0 Å². The fourth-order valence-electron chi connectivity index (χ4n) is 2.66. The zero-order valence-corrected chi connectivity index (χ0v) is 17.3. The third-order valence-electron chi connectivity index (χ3n) is 4.19. The Morgan fingerprint density at radius 1 is 1.30 bits per heavy atom. The monoisotopic (exact) mass is 437 g/mol. The van der Waals surface area contributed by atoms with Gasteiger partial charge in [-0.25, -0.2) is 0 Å². The van der Waals surface area contributed by atoms with Crippen molar-refractivity contribution in [2.24, 2.45) is 0 Å². The van der Waals surface area contributed by atoms with Crippen molar-refractivity contribution in [3.63, 3.8) is 0 Å². The molecule has 0 atom stereocenters. The molecular formula is C20H24BrNO5. The molecule has 0 radical (unpaired) electrons. The number of hydrogen-bond donors (Lipinski definition) is 1. The number of aliphatic carboxylic acids is 1. The van der Waals surface area contributed by atoms with Crippen molar-refractivity contribution in [3.05, 3.63) is 34.5 Å². The third-order valence-corrected chi connectivity index (χ3v) is 4.88. The molecular weight excluding hydrogens is 414 g/mol. The number of carbonyl (C=O) groups excluding carboxylic acids is 1. The number of nitrogens with zero attached hydrogens (tertiary/aromatic N) is 1. The Morgan fingerprint density at radius 3 is 2.63 bits per heavy atom. The van der Waals surface area contributed by atoms with Gasteiger partial charge in [-0.1, -0.05) is 15.9 Å². The maximum atomic E-state index is 12.3. The number of carbonyl (C=O) groups is 2. The number of likely N-dealkylation sites (N-methyl/N-ethyl adjacent to an activating group) is 1. The first-order valence-corrected chi connectivity index (χ1v) is 9.70. The number of carboxylic acid groups (broad SMARTS) is 1. The summed E-state index contributed by atoms with van der Waals surface area (Å²) >= 11 is 3.50. The van der Waals surface area contributed by atoms with Crippen LogP contribution in [0.1, 0.15) is 39.4 Å². The summed E-state index contributed by atoms with van der Waals surface area (Å²) in [4.78, 5) is 24.6. The normalized spacial score (nSPS) is 11.6. The van der Waals surface area contributed by atoms with Gasteiger partial charge in [0.2, 0.25) is 5.91 Å². The minimum Gasteiger partial charge on any atom is -0.490 e. The van der Waals surface area contributed by atoms with E-state index in [9.17, 15) is 9.59 Å². The van der Waals surface area contributed by atoms with Gasteiger partial charge < -0.3 is 19.2 Å². The van der Waals surface area contributed by atoms with Crippen molar-refractivity contribution < 1.29 is 23.8 Å². The van der Waals surface area contributed by atoms with E-state index >= 15 is 0 Å². The molecule has 0 spiro atoms. The van der Waals surface area contributed by atoms with Gasteiger partial charge in [0.15, 0.2) is 11.3 Å². The zero-order valence-electron chi connectivity index (χ0n) is 15.8. The van der Waals surface area contributed by atoms with E-state index in [0.29, 0.717) is 36.6 Å². The van der Waals surface area contributed by atoms with Crippen molar-refractivity contribution >= 4 is 44.3 Å². The number of hydrogen-bond acceptors (Lipinski definition) is 4. The van der Waals surface area contributed by atoms with Crippen LogP contribution in [0, 0.1) is 0 Å². The molecule has 1 aromatic carbocycles. The third kappa shape index (κ3) is 5.35. The van der Waals surface area contributed by atoms with Gasteiger partial charge in [0.1, 0.15) is 5.76 Å². The Balaban J connectivity index is 2.27. The molecule has 0 saturated heterocycles. The number of benzene rings is 1. The molecule has 0 aliphatic heterocycles. The highest BCUT2D eigenvalue weighted by Crippen LogP contribution is 2.36. The second-order valence-electron chi connectivity index (χ2n) is 6.08. The maximum absolute atomic E-state index is 12.3. The fraction of sp³-hybridized carbons (Fsp3) is 0.400. The van der Waals surface area contributed by atoms with E-state index in [0.717, 1.165) is 15.4 Å². The number of carboxylic acids is 1. The van der Waals surface area contributed by atoms with Crippen molar-refractivity contribution in [1.29, 1.82) is 0 Å². The van der Waals surface area contributed by atoms with Gasteiger partial charge in [-0.15, -0.1) is 0 Å². The minimum atomic E-state index is -0.849. The molecule has 0 unspecified atom stereocenters. The second-order valence-corrected chi connectivity index (χ2v) is 6.94. The Kier molecular flexibility index (Phi) is 7.47. The highest BCUT2D eigenvalue weighted by Gasteiger charge is 2.15. The molecule has 7 heteroatoms. The predicted octanol–water partition coefficient (Wildman–Crippen LogP) is 4.71. The lowest BCUT2D eigenvalue weighted by Crippen LogP contribution is -2.28. The van der Waals surface area contributed by atoms with Gasteiger partial charge >= 0.3 is 5.97 Å². The van der Waals surface area contributed by atoms with E-state index in [2.05, 4.69) is 15.9 Å². The van der Waals surface area contributed by atoms with Gasteiger partial charge in [-0.3, -0.25) is 9.59 Å². The van der Waals surface area contributed by atoms with Gasteiger partial charge in [-0.2, -0.15) is 0 Å². The van der Waals surface area contributed by atoms with Crippen molar-refractivity contribution in [3.8, 4) is 5.75 Å². The lowest BCUT2D eigenvalue weighted by molar-refractivity contribution is -0.137. The number of furan rings is 1. The summed E-state index contributed by atoms with van der Waals surface area (Å²) in [5.41, 5.74) is 1.30. The van der Waals surface area contributed by atoms with Crippen molar-refractivity contribution in [2.45, 2.75) is 33.6 Å². The fourth-order valence-corrected chi connectivity index (χ4v) is 3.09. The van der Waals surface area contributed by atoms with Crippen LogP contribution >= 0.6 is 15.9 Å². The highest BCUT2D eigenvalue weighted by molar-refractivity contribution is 9.10. The smallest absolute Gasteiger partial charge is 0.303 e. The molecule has 27 heavy (non-hydrogen) atoms. The van der Waals surface area contributed by atoms with Crippen LogP contribution in [0.15, 0.2) is 33.2 Å². The van der Waals surface area contributed by atoms with Gasteiger partial charge in [0.05, 0.1) is 6.61 Å². The first kappa shape index (κ1) is 21.0. The van der Waals surface area contributed by atoms with E-state index < -0.39 is 5.97 Å². The molecule has 1 heterocycles.